The Balaban J connectivity index is 2.60. The first kappa shape index (κ1) is 16.4. The molecule has 1 aliphatic heterocycles. The van der Waals surface area contributed by atoms with Crippen molar-refractivity contribution in [3.8, 4) is 0 Å². The maximum Gasteiger partial charge on any atom is 0.326 e. The number of piperidine rings is 1. The molecule has 0 aromatic rings. The largest absolute Gasteiger partial charge is 0.465 e. The Kier molecular flexibility index (Phi) is 6.75. The number of rotatable bonds is 7. The fraction of sp³-hybridized carbons (Fsp3) is 0.929. The lowest BCUT2D eigenvalue weighted by Crippen LogP contribution is -2.59. The first-order valence-corrected chi connectivity index (χ1v) is 7.33. The maximum absolute atomic E-state index is 12.3. The van der Waals surface area contributed by atoms with E-state index in [-0.39, 0.29) is 5.97 Å². The minimum absolute atomic E-state index is 0.0792. The summed E-state index contributed by atoms with van der Waals surface area (Å²) in [5.74, 6) is -0.0792. The van der Waals surface area contributed by atoms with Gasteiger partial charge < -0.3 is 19.9 Å². The second kappa shape index (κ2) is 7.82. The smallest absolute Gasteiger partial charge is 0.326 e. The highest BCUT2D eigenvalue weighted by Gasteiger charge is 2.41. The lowest BCUT2D eigenvalue weighted by molar-refractivity contribution is -0.153. The molecule has 0 atom stereocenters. The zero-order valence-corrected chi connectivity index (χ0v) is 12.9. The number of nitrogens with zero attached hydrogens (tertiary/aromatic N) is 2. The van der Waals surface area contributed by atoms with E-state index in [0.29, 0.717) is 6.61 Å². The van der Waals surface area contributed by atoms with Crippen LogP contribution in [0.25, 0.3) is 0 Å². The van der Waals surface area contributed by atoms with Gasteiger partial charge in [-0.25, -0.2) is 0 Å². The van der Waals surface area contributed by atoms with E-state index < -0.39 is 5.54 Å². The maximum atomic E-state index is 12.3. The van der Waals surface area contributed by atoms with Gasteiger partial charge in [0.1, 0.15) is 5.54 Å². The molecule has 1 N–H and O–H groups in total. The Bertz CT molecular complexity index is 274. The van der Waals surface area contributed by atoms with Crippen LogP contribution in [0.5, 0.6) is 0 Å². The number of esters is 1. The third-order valence-corrected chi connectivity index (χ3v) is 3.85. The van der Waals surface area contributed by atoms with E-state index in [4.69, 9.17) is 4.74 Å². The highest BCUT2D eigenvalue weighted by molar-refractivity contribution is 5.81. The van der Waals surface area contributed by atoms with Crippen LogP contribution in [0.15, 0.2) is 0 Å². The van der Waals surface area contributed by atoms with Crippen LogP contribution in [0.2, 0.25) is 0 Å². The molecule has 0 aliphatic carbocycles. The van der Waals surface area contributed by atoms with Gasteiger partial charge in [0.05, 0.1) is 6.61 Å². The number of carbonyl (C=O) groups excluding carboxylic acids is 1. The Morgan fingerprint density at radius 3 is 2.42 bits per heavy atom. The van der Waals surface area contributed by atoms with Gasteiger partial charge in [-0.05, 0) is 40.4 Å². The van der Waals surface area contributed by atoms with E-state index in [2.05, 4.69) is 22.0 Å². The summed E-state index contributed by atoms with van der Waals surface area (Å²) in [5.41, 5.74) is -0.475. The van der Waals surface area contributed by atoms with Crippen molar-refractivity contribution in [2.45, 2.75) is 32.2 Å². The van der Waals surface area contributed by atoms with E-state index in [1.54, 1.807) is 0 Å². The van der Waals surface area contributed by atoms with E-state index in [1.807, 2.05) is 21.0 Å². The number of ether oxygens (including phenoxy) is 1. The van der Waals surface area contributed by atoms with E-state index in [9.17, 15) is 4.79 Å². The first-order valence-electron chi connectivity index (χ1n) is 7.33. The summed E-state index contributed by atoms with van der Waals surface area (Å²) >= 11 is 0. The molecule has 112 valence electrons. The van der Waals surface area contributed by atoms with Crippen molar-refractivity contribution in [3.05, 3.63) is 0 Å². The van der Waals surface area contributed by atoms with Crippen LogP contribution in [0.3, 0.4) is 0 Å². The molecule has 0 amide bonds. The van der Waals surface area contributed by atoms with E-state index in [1.165, 1.54) is 0 Å². The zero-order chi connectivity index (χ0) is 14.3. The summed E-state index contributed by atoms with van der Waals surface area (Å²) < 4.78 is 5.28. The number of hydrogen-bond acceptors (Lipinski definition) is 5. The Morgan fingerprint density at radius 2 is 1.95 bits per heavy atom. The minimum Gasteiger partial charge on any atom is -0.465 e. The normalized spacial score (nSPS) is 19.6. The van der Waals surface area contributed by atoms with Crippen molar-refractivity contribution in [2.24, 2.45) is 0 Å². The molecule has 0 spiro atoms. The van der Waals surface area contributed by atoms with Gasteiger partial charge >= 0.3 is 5.97 Å². The molecule has 1 fully saturated rings. The van der Waals surface area contributed by atoms with Crippen LogP contribution in [-0.4, -0.2) is 74.7 Å². The van der Waals surface area contributed by atoms with Gasteiger partial charge in [0.15, 0.2) is 0 Å². The Morgan fingerprint density at radius 1 is 1.32 bits per heavy atom. The van der Waals surface area contributed by atoms with Crippen molar-refractivity contribution >= 4 is 5.97 Å². The number of hydrogen-bond donors (Lipinski definition) is 1. The van der Waals surface area contributed by atoms with Gasteiger partial charge in [0.2, 0.25) is 0 Å². The molecule has 0 aromatic heterocycles. The Hall–Kier alpha value is -0.650. The fourth-order valence-electron chi connectivity index (χ4n) is 2.49. The summed E-state index contributed by atoms with van der Waals surface area (Å²) in [6.45, 7) is 9.21. The predicted molar refractivity (Wildman–Crippen MR) is 77.3 cm³/mol. The van der Waals surface area contributed by atoms with Gasteiger partial charge in [0.25, 0.3) is 0 Å². The minimum atomic E-state index is -0.475. The molecule has 5 nitrogen and oxygen atoms in total. The number of carbonyl (C=O) groups is 1. The summed E-state index contributed by atoms with van der Waals surface area (Å²) in [7, 11) is 4.08. The predicted octanol–water partition coefficient (Wildman–Crippen LogP) is 0.555. The van der Waals surface area contributed by atoms with Gasteiger partial charge in [-0.1, -0.05) is 6.92 Å². The summed E-state index contributed by atoms with van der Waals surface area (Å²) in [4.78, 5) is 16.8. The van der Waals surface area contributed by atoms with Crippen molar-refractivity contribution in [2.75, 3.05) is 53.4 Å². The zero-order valence-electron chi connectivity index (χ0n) is 12.9. The molecule has 0 aromatic carbocycles. The van der Waals surface area contributed by atoms with Crippen LogP contribution >= 0.6 is 0 Å². The SMILES string of the molecule is CCOC(=O)C1(NCCN(C)C)CCN(CC)CC1. The molecule has 19 heavy (non-hydrogen) atoms. The number of likely N-dealkylation sites (N-methyl/N-ethyl adjacent to an activating group) is 1. The van der Waals surface area contributed by atoms with E-state index in [0.717, 1.165) is 45.6 Å². The van der Waals surface area contributed by atoms with Crippen LogP contribution in [0.4, 0.5) is 0 Å². The third kappa shape index (κ3) is 4.75. The second-order valence-electron chi connectivity index (χ2n) is 5.47. The highest BCUT2D eigenvalue weighted by Crippen LogP contribution is 2.23. The quantitative estimate of drug-likeness (QED) is 0.685. The first-order chi connectivity index (χ1) is 9.04. The Labute approximate surface area is 117 Å². The van der Waals surface area contributed by atoms with Gasteiger partial charge in [-0.15, -0.1) is 0 Å². The van der Waals surface area contributed by atoms with Crippen LogP contribution in [0, 0.1) is 0 Å². The van der Waals surface area contributed by atoms with Crippen LogP contribution in [0.1, 0.15) is 26.7 Å². The molecule has 0 unspecified atom stereocenters. The molecule has 1 rings (SSSR count). The standard InChI is InChI=1S/C14H29N3O2/c1-5-17-10-7-14(8-11-17,13(18)19-6-2)15-9-12-16(3)4/h15H,5-12H2,1-4H3. The van der Waals surface area contributed by atoms with Gasteiger partial charge in [0, 0.05) is 26.2 Å². The molecule has 0 radical (unpaired) electrons. The van der Waals surface area contributed by atoms with E-state index >= 15 is 0 Å². The molecular weight excluding hydrogens is 242 g/mol. The highest BCUT2D eigenvalue weighted by atomic mass is 16.5. The van der Waals surface area contributed by atoms with Crippen molar-refractivity contribution in [1.29, 1.82) is 0 Å². The molecule has 1 saturated heterocycles. The second-order valence-corrected chi connectivity index (χ2v) is 5.47. The van der Waals surface area contributed by atoms with Gasteiger partial charge in [-0.2, -0.15) is 0 Å². The monoisotopic (exact) mass is 271 g/mol. The average molecular weight is 271 g/mol. The van der Waals surface area contributed by atoms with Crippen LogP contribution in [-0.2, 0) is 9.53 Å². The number of nitrogens with one attached hydrogen (secondary N) is 1. The number of likely N-dealkylation sites (tertiary alicyclic amines) is 1. The van der Waals surface area contributed by atoms with Crippen molar-refractivity contribution < 1.29 is 9.53 Å². The summed E-state index contributed by atoms with van der Waals surface area (Å²) in [6, 6.07) is 0. The van der Waals surface area contributed by atoms with Gasteiger partial charge in [-0.3, -0.25) is 4.79 Å². The summed E-state index contributed by atoms with van der Waals surface area (Å²) in [6.07, 6.45) is 1.68. The average Bonchev–Trinajstić information content (AvgIpc) is 2.39. The summed E-state index contributed by atoms with van der Waals surface area (Å²) in [5, 5.41) is 3.45. The topological polar surface area (TPSA) is 44.8 Å². The van der Waals surface area contributed by atoms with Crippen LogP contribution < -0.4 is 5.32 Å². The molecule has 1 aliphatic rings. The van der Waals surface area contributed by atoms with Crippen molar-refractivity contribution in [3.63, 3.8) is 0 Å². The molecule has 0 saturated carbocycles. The third-order valence-electron chi connectivity index (χ3n) is 3.85. The molecule has 1 heterocycles. The molecule has 0 bridgehead atoms. The lowest BCUT2D eigenvalue weighted by atomic mass is 9.87. The lowest BCUT2D eigenvalue weighted by Gasteiger charge is -2.40. The fourth-order valence-corrected chi connectivity index (χ4v) is 2.49. The van der Waals surface area contributed by atoms with Crippen molar-refractivity contribution in [1.82, 2.24) is 15.1 Å². The molecule has 5 heteroatoms. The molecular formula is C14H29N3O2.